The molecule has 1 fully saturated rings. The molecule has 6 heteroatoms. The summed E-state index contributed by atoms with van der Waals surface area (Å²) in [6.45, 7) is 0.523. The van der Waals surface area contributed by atoms with Gasteiger partial charge in [-0.2, -0.15) is 10.4 Å². The molecule has 1 aliphatic rings. The summed E-state index contributed by atoms with van der Waals surface area (Å²) in [7, 11) is 0. The molecular formula is C15H13ClN4O. The van der Waals surface area contributed by atoms with Gasteiger partial charge in [-0.05, 0) is 18.1 Å². The predicted octanol–water partition coefficient (Wildman–Crippen LogP) is 2.34. The monoisotopic (exact) mass is 300 g/mol. The number of para-hydroxylation sites is 1. The molecule has 1 aromatic carbocycles. The topological polar surface area (TPSA) is 61.9 Å². The highest BCUT2D eigenvalue weighted by Crippen LogP contribution is 2.30. The molecule has 1 aliphatic heterocycles. The van der Waals surface area contributed by atoms with Gasteiger partial charge < -0.3 is 0 Å². The molecule has 1 saturated heterocycles. The van der Waals surface area contributed by atoms with E-state index in [1.54, 1.807) is 9.58 Å². The Balaban J connectivity index is 2.08. The third kappa shape index (κ3) is 2.39. The zero-order valence-corrected chi connectivity index (χ0v) is 12.0. The average molecular weight is 301 g/mol. The van der Waals surface area contributed by atoms with Gasteiger partial charge in [0, 0.05) is 18.8 Å². The highest BCUT2D eigenvalue weighted by molar-refractivity contribution is 6.18. The van der Waals surface area contributed by atoms with Crippen LogP contribution in [0.4, 0.5) is 5.82 Å². The summed E-state index contributed by atoms with van der Waals surface area (Å²) >= 11 is 5.86. The Kier molecular flexibility index (Phi) is 3.63. The Morgan fingerprint density at radius 2 is 2.14 bits per heavy atom. The zero-order valence-electron chi connectivity index (χ0n) is 11.2. The molecule has 1 aromatic heterocycles. The summed E-state index contributed by atoms with van der Waals surface area (Å²) in [5, 5.41) is 13.5. The lowest BCUT2D eigenvalue weighted by Gasteiger charge is -2.18. The lowest BCUT2D eigenvalue weighted by molar-refractivity contribution is -0.117. The molecule has 0 radical (unpaired) electrons. The average Bonchev–Trinajstić information content (AvgIpc) is 3.10. The number of amides is 1. The van der Waals surface area contributed by atoms with E-state index in [9.17, 15) is 10.1 Å². The number of hydrogen-bond donors (Lipinski definition) is 0. The normalized spacial score (nSPS) is 18.0. The Morgan fingerprint density at radius 3 is 2.76 bits per heavy atom. The second-order valence-electron chi connectivity index (χ2n) is 4.97. The summed E-state index contributed by atoms with van der Waals surface area (Å²) in [5.74, 6) is 1.06. The van der Waals surface area contributed by atoms with Crippen molar-refractivity contribution < 1.29 is 4.79 Å². The number of benzene rings is 1. The molecule has 5 nitrogen and oxygen atoms in total. The van der Waals surface area contributed by atoms with Gasteiger partial charge in [-0.25, -0.2) is 4.68 Å². The first-order chi connectivity index (χ1) is 10.2. The van der Waals surface area contributed by atoms with Gasteiger partial charge in [-0.15, -0.1) is 11.6 Å². The van der Waals surface area contributed by atoms with Crippen LogP contribution in [0.3, 0.4) is 0 Å². The summed E-state index contributed by atoms with van der Waals surface area (Å²) < 4.78 is 1.63. The molecule has 2 heterocycles. The summed E-state index contributed by atoms with van der Waals surface area (Å²) in [5.41, 5.74) is 1.21. The van der Waals surface area contributed by atoms with Crippen molar-refractivity contribution >= 4 is 23.3 Å². The van der Waals surface area contributed by atoms with Crippen molar-refractivity contribution in [3.8, 4) is 11.8 Å². The van der Waals surface area contributed by atoms with Crippen LogP contribution in [0, 0.1) is 17.2 Å². The first-order valence-electron chi connectivity index (χ1n) is 6.64. The minimum Gasteiger partial charge on any atom is -0.295 e. The van der Waals surface area contributed by atoms with Crippen molar-refractivity contribution in [2.24, 2.45) is 5.92 Å². The van der Waals surface area contributed by atoms with E-state index in [2.05, 4.69) is 11.2 Å². The standard InChI is InChI=1S/C15H13ClN4O/c16-7-11-6-14(21)19(10-11)15-12(8-17)9-18-20(15)13-4-2-1-3-5-13/h1-5,9,11H,6-7,10H2. The fourth-order valence-corrected chi connectivity index (χ4v) is 2.74. The minimum atomic E-state index is -0.0187. The van der Waals surface area contributed by atoms with Crippen LogP contribution in [0.5, 0.6) is 0 Å². The molecule has 3 rings (SSSR count). The van der Waals surface area contributed by atoms with E-state index in [0.717, 1.165) is 5.69 Å². The van der Waals surface area contributed by atoms with Crippen LogP contribution in [-0.4, -0.2) is 28.1 Å². The van der Waals surface area contributed by atoms with E-state index < -0.39 is 0 Å². The van der Waals surface area contributed by atoms with Crippen molar-refractivity contribution in [1.29, 1.82) is 5.26 Å². The summed E-state index contributed by atoms with van der Waals surface area (Å²) in [6.07, 6.45) is 1.90. The summed E-state index contributed by atoms with van der Waals surface area (Å²) in [4.78, 5) is 13.8. The number of hydrogen-bond acceptors (Lipinski definition) is 3. The van der Waals surface area contributed by atoms with Crippen LogP contribution in [0.25, 0.3) is 5.69 Å². The third-order valence-electron chi connectivity index (χ3n) is 3.54. The molecule has 21 heavy (non-hydrogen) atoms. The number of nitriles is 1. The van der Waals surface area contributed by atoms with Gasteiger partial charge in [0.15, 0.2) is 5.82 Å². The number of carbonyl (C=O) groups is 1. The number of carbonyl (C=O) groups excluding carboxylic acids is 1. The molecule has 0 bridgehead atoms. The molecule has 106 valence electrons. The van der Waals surface area contributed by atoms with Crippen LogP contribution in [0.1, 0.15) is 12.0 Å². The van der Waals surface area contributed by atoms with Crippen molar-refractivity contribution in [3.63, 3.8) is 0 Å². The maximum Gasteiger partial charge on any atom is 0.228 e. The smallest absolute Gasteiger partial charge is 0.228 e. The first kappa shape index (κ1) is 13.7. The number of nitrogens with zero attached hydrogens (tertiary/aromatic N) is 4. The maximum atomic E-state index is 12.2. The largest absolute Gasteiger partial charge is 0.295 e. The predicted molar refractivity (Wildman–Crippen MR) is 79.5 cm³/mol. The number of rotatable bonds is 3. The van der Waals surface area contributed by atoms with E-state index in [-0.39, 0.29) is 11.8 Å². The SMILES string of the molecule is N#Cc1cnn(-c2ccccc2)c1N1CC(CCl)CC1=O. The Morgan fingerprint density at radius 1 is 1.38 bits per heavy atom. The van der Waals surface area contributed by atoms with E-state index in [1.165, 1.54) is 6.20 Å². The molecule has 0 aliphatic carbocycles. The highest BCUT2D eigenvalue weighted by Gasteiger charge is 2.34. The van der Waals surface area contributed by atoms with Crippen LogP contribution >= 0.6 is 11.6 Å². The van der Waals surface area contributed by atoms with E-state index in [1.807, 2.05) is 30.3 Å². The number of anilines is 1. The fraction of sp³-hybridized carbons (Fsp3) is 0.267. The fourth-order valence-electron chi connectivity index (χ4n) is 2.53. The maximum absolute atomic E-state index is 12.2. The molecule has 1 unspecified atom stereocenters. The van der Waals surface area contributed by atoms with Gasteiger partial charge in [0.1, 0.15) is 11.6 Å². The zero-order chi connectivity index (χ0) is 14.8. The van der Waals surface area contributed by atoms with Gasteiger partial charge in [0.25, 0.3) is 0 Å². The van der Waals surface area contributed by atoms with Gasteiger partial charge in [-0.1, -0.05) is 18.2 Å². The second-order valence-corrected chi connectivity index (χ2v) is 5.28. The van der Waals surface area contributed by atoms with E-state index >= 15 is 0 Å². The van der Waals surface area contributed by atoms with Crippen molar-refractivity contribution in [2.75, 3.05) is 17.3 Å². The van der Waals surface area contributed by atoms with Crippen molar-refractivity contribution in [3.05, 3.63) is 42.1 Å². The number of aromatic nitrogens is 2. The van der Waals surface area contributed by atoms with E-state index in [0.29, 0.717) is 30.2 Å². The van der Waals surface area contributed by atoms with Crippen molar-refractivity contribution in [2.45, 2.75) is 6.42 Å². The lowest BCUT2D eigenvalue weighted by Crippen LogP contribution is -2.28. The molecule has 2 aromatic rings. The third-order valence-corrected chi connectivity index (χ3v) is 3.98. The Labute approximate surface area is 127 Å². The Bertz CT molecular complexity index is 704. The second kappa shape index (κ2) is 5.58. The van der Waals surface area contributed by atoms with Gasteiger partial charge >= 0.3 is 0 Å². The highest BCUT2D eigenvalue weighted by atomic mass is 35.5. The molecular weight excluding hydrogens is 288 g/mol. The molecule has 1 atom stereocenters. The summed E-state index contributed by atoms with van der Waals surface area (Å²) in [6, 6.07) is 11.6. The van der Waals surface area contributed by atoms with Gasteiger partial charge in [0.05, 0.1) is 11.9 Å². The lowest BCUT2D eigenvalue weighted by atomic mass is 10.1. The van der Waals surface area contributed by atoms with Crippen LogP contribution in [0.15, 0.2) is 36.5 Å². The van der Waals surface area contributed by atoms with Gasteiger partial charge in [-0.3, -0.25) is 9.69 Å². The van der Waals surface area contributed by atoms with Crippen LogP contribution < -0.4 is 4.90 Å². The number of halogens is 1. The number of alkyl halides is 1. The Hall–Kier alpha value is -2.32. The molecule has 0 saturated carbocycles. The van der Waals surface area contributed by atoms with Gasteiger partial charge in [0.2, 0.25) is 5.91 Å². The molecule has 0 spiro atoms. The van der Waals surface area contributed by atoms with E-state index in [4.69, 9.17) is 11.6 Å². The minimum absolute atomic E-state index is 0.0187. The molecule has 0 N–H and O–H groups in total. The molecule has 1 amide bonds. The van der Waals surface area contributed by atoms with Crippen molar-refractivity contribution in [1.82, 2.24) is 9.78 Å². The van der Waals surface area contributed by atoms with Crippen LogP contribution in [-0.2, 0) is 4.79 Å². The van der Waals surface area contributed by atoms with Crippen LogP contribution in [0.2, 0.25) is 0 Å². The first-order valence-corrected chi connectivity index (χ1v) is 7.18. The quantitative estimate of drug-likeness (QED) is 0.817.